The van der Waals surface area contributed by atoms with Crippen molar-refractivity contribution in [2.75, 3.05) is 13.2 Å². The maximum atomic E-state index is 12.8. The van der Waals surface area contributed by atoms with Gasteiger partial charge in [-0.3, -0.25) is 14.4 Å². The molecule has 0 aliphatic carbocycles. The summed E-state index contributed by atoms with van der Waals surface area (Å²) in [7, 11) is 0. The molecule has 0 aromatic rings. The van der Waals surface area contributed by atoms with Crippen LogP contribution in [-0.4, -0.2) is 37.2 Å². The SMILES string of the molecule is CC/C=C\C/C=C\C/C=C\C/C=C\C/C=C\CCCCCC(=O)OCC(COC(=O)CCCCCCCCCCCCCCC)OC(=O)CCC/C=C\C/C=C\C/C=C\C/C=C\CCCCC. The second-order valence-electron chi connectivity index (χ2n) is 17.8. The van der Waals surface area contributed by atoms with E-state index in [9.17, 15) is 14.4 Å². The average Bonchev–Trinajstić information content (AvgIpc) is 3.33. The first-order valence-electron chi connectivity index (χ1n) is 27.4. The van der Waals surface area contributed by atoms with Crippen molar-refractivity contribution in [3.05, 3.63) is 109 Å². The van der Waals surface area contributed by atoms with Crippen LogP contribution in [0.3, 0.4) is 0 Å². The molecule has 0 rings (SSSR count). The lowest BCUT2D eigenvalue weighted by molar-refractivity contribution is -0.167. The number of allylic oxidation sites excluding steroid dienone is 18. The minimum absolute atomic E-state index is 0.110. The van der Waals surface area contributed by atoms with Gasteiger partial charge in [-0.25, -0.2) is 0 Å². The second-order valence-corrected chi connectivity index (χ2v) is 17.8. The smallest absolute Gasteiger partial charge is 0.306 e. The van der Waals surface area contributed by atoms with Crippen molar-refractivity contribution >= 4 is 17.9 Å². The van der Waals surface area contributed by atoms with E-state index in [4.69, 9.17) is 14.2 Å². The van der Waals surface area contributed by atoms with E-state index in [1.54, 1.807) is 0 Å². The molecule has 0 heterocycles. The lowest BCUT2D eigenvalue weighted by Gasteiger charge is -2.18. The first-order valence-corrected chi connectivity index (χ1v) is 27.4. The first-order chi connectivity index (χ1) is 33.0. The van der Waals surface area contributed by atoms with Gasteiger partial charge >= 0.3 is 17.9 Å². The molecule has 0 fully saturated rings. The molecule has 1 unspecified atom stereocenters. The molecule has 6 heteroatoms. The maximum Gasteiger partial charge on any atom is 0.306 e. The Morgan fingerprint density at radius 3 is 0.985 bits per heavy atom. The molecule has 0 saturated heterocycles. The van der Waals surface area contributed by atoms with Crippen LogP contribution in [0.4, 0.5) is 0 Å². The molecule has 0 bridgehead atoms. The summed E-state index contributed by atoms with van der Waals surface area (Å²) in [6, 6.07) is 0. The van der Waals surface area contributed by atoms with Crippen molar-refractivity contribution in [3.8, 4) is 0 Å². The van der Waals surface area contributed by atoms with Crippen molar-refractivity contribution in [1.29, 1.82) is 0 Å². The van der Waals surface area contributed by atoms with E-state index in [1.165, 1.54) is 89.9 Å². The molecule has 0 amide bonds. The van der Waals surface area contributed by atoms with Crippen molar-refractivity contribution in [3.63, 3.8) is 0 Å². The van der Waals surface area contributed by atoms with Gasteiger partial charge in [0, 0.05) is 19.3 Å². The van der Waals surface area contributed by atoms with Gasteiger partial charge < -0.3 is 14.2 Å². The third-order valence-electron chi connectivity index (χ3n) is 11.3. The summed E-state index contributed by atoms with van der Waals surface area (Å²) in [5.41, 5.74) is 0. The van der Waals surface area contributed by atoms with Crippen LogP contribution < -0.4 is 0 Å². The first kappa shape index (κ1) is 63.1. The Morgan fingerprint density at radius 2 is 0.597 bits per heavy atom. The van der Waals surface area contributed by atoms with Crippen LogP contribution in [0.2, 0.25) is 0 Å². The summed E-state index contributed by atoms with van der Waals surface area (Å²) in [4.78, 5) is 38.1. The Kier molecular flexibility index (Phi) is 51.5. The third kappa shape index (κ3) is 52.9. The van der Waals surface area contributed by atoms with E-state index in [1.807, 2.05) is 0 Å². The number of rotatable bonds is 48. The predicted octanol–water partition coefficient (Wildman–Crippen LogP) is 18.3. The average molecular weight is 929 g/mol. The molecule has 0 N–H and O–H groups in total. The summed E-state index contributed by atoms with van der Waals surface area (Å²) in [5, 5.41) is 0. The molecule has 67 heavy (non-hydrogen) atoms. The summed E-state index contributed by atoms with van der Waals surface area (Å²) in [6.45, 7) is 6.42. The van der Waals surface area contributed by atoms with Gasteiger partial charge in [0.15, 0.2) is 6.10 Å². The molecule has 0 aromatic heterocycles. The van der Waals surface area contributed by atoms with Crippen LogP contribution in [0.5, 0.6) is 0 Å². The summed E-state index contributed by atoms with van der Waals surface area (Å²) < 4.78 is 16.8. The van der Waals surface area contributed by atoms with Crippen LogP contribution in [0.1, 0.15) is 239 Å². The van der Waals surface area contributed by atoms with Crippen LogP contribution in [0, 0.1) is 0 Å². The third-order valence-corrected chi connectivity index (χ3v) is 11.3. The fourth-order valence-corrected chi connectivity index (χ4v) is 7.17. The molecule has 380 valence electrons. The number of hydrogen-bond donors (Lipinski definition) is 0. The molecule has 0 aromatic carbocycles. The lowest BCUT2D eigenvalue weighted by atomic mass is 10.0. The molecule has 6 nitrogen and oxygen atoms in total. The number of ether oxygens (including phenoxy) is 3. The highest BCUT2D eigenvalue weighted by Gasteiger charge is 2.19. The number of unbranched alkanes of at least 4 members (excludes halogenated alkanes) is 19. The number of carbonyl (C=O) groups is 3. The summed E-state index contributed by atoms with van der Waals surface area (Å²) in [5.74, 6) is -1.00. The Morgan fingerprint density at radius 1 is 0.313 bits per heavy atom. The number of hydrogen-bond acceptors (Lipinski definition) is 6. The van der Waals surface area contributed by atoms with E-state index >= 15 is 0 Å². The van der Waals surface area contributed by atoms with E-state index in [-0.39, 0.29) is 37.5 Å². The fourth-order valence-electron chi connectivity index (χ4n) is 7.17. The second kappa shape index (κ2) is 54.7. The topological polar surface area (TPSA) is 78.9 Å². The quantitative estimate of drug-likeness (QED) is 0.0262. The Hall–Kier alpha value is -3.93. The van der Waals surface area contributed by atoms with Crippen molar-refractivity contribution in [1.82, 2.24) is 0 Å². The minimum atomic E-state index is -0.820. The molecular weight excluding hydrogens is 829 g/mol. The molecule has 1 atom stereocenters. The van der Waals surface area contributed by atoms with Gasteiger partial charge in [-0.15, -0.1) is 0 Å². The van der Waals surface area contributed by atoms with E-state index in [2.05, 4.69) is 130 Å². The molecule has 0 aliphatic rings. The van der Waals surface area contributed by atoms with Crippen LogP contribution in [-0.2, 0) is 28.6 Å². The zero-order valence-electron chi connectivity index (χ0n) is 43.4. The lowest BCUT2D eigenvalue weighted by Crippen LogP contribution is -2.30. The normalized spacial score (nSPS) is 12.9. The highest BCUT2D eigenvalue weighted by Crippen LogP contribution is 2.14. The highest BCUT2D eigenvalue weighted by atomic mass is 16.6. The van der Waals surface area contributed by atoms with Crippen molar-refractivity contribution < 1.29 is 28.6 Å². The molecular formula is C61H100O6. The van der Waals surface area contributed by atoms with Crippen molar-refractivity contribution in [2.24, 2.45) is 0 Å². The van der Waals surface area contributed by atoms with Gasteiger partial charge in [0.1, 0.15) is 13.2 Å². The van der Waals surface area contributed by atoms with E-state index in [0.29, 0.717) is 19.3 Å². The predicted molar refractivity (Wildman–Crippen MR) is 288 cm³/mol. The molecule has 0 radical (unpaired) electrons. The minimum Gasteiger partial charge on any atom is -0.462 e. The number of esters is 3. The van der Waals surface area contributed by atoms with Crippen LogP contribution in [0.15, 0.2) is 109 Å². The molecule has 0 spiro atoms. The molecule has 0 aliphatic heterocycles. The summed E-state index contributed by atoms with van der Waals surface area (Å²) in [6.07, 6.45) is 73.6. The fraction of sp³-hybridized carbons (Fsp3) is 0.656. The van der Waals surface area contributed by atoms with Gasteiger partial charge in [-0.05, 0) is 103 Å². The standard InChI is InChI=1S/C61H100O6/c1-4-7-10-13-16-19-22-25-27-29-30-32-33-36-39-42-45-48-51-54-60(63)66-57-58(56-65-59(62)53-50-47-44-41-38-35-24-21-18-15-12-9-6-3)67-61(64)55-52-49-46-43-40-37-34-31-28-26-23-20-17-14-11-8-5-2/h7,10,16-17,19-20,25-28,30,32,34,36-37,39,43,46,58H,4-6,8-9,11-15,18,21-24,29,31,33,35,38,40-42,44-45,47-57H2,1-3H3/b10-7-,19-16-,20-17-,27-25-,28-26-,32-30-,37-34-,39-36-,46-43-. The van der Waals surface area contributed by atoms with Crippen LogP contribution in [0.25, 0.3) is 0 Å². The zero-order valence-corrected chi connectivity index (χ0v) is 43.4. The highest BCUT2D eigenvalue weighted by molar-refractivity contribution is 5.71. The van der Waals surface area contributed by atoms with Gasteiger partial charge in [0.05, 0.1) is 0 Å². The monoisotopic (exact) mass is 929 g/mol. The van der Waals surface area contributed by atoms with Gasteiger partial charge in [-0.2, -0.15) is 0 Å². The maximum absolute atomic E-state index is 12.8. The van der Waals surface area contributed by atoms with Gasteiger partial charge in [0.2, 0.25) is 0 Å². The Balaban J connectivity index is 4.54. The molecule has 0 saturated carbocycles. The number of carbonyl (C=O) groups excluding carboxylic acids is 3. The van der Waals surface area contributed by atoms with E-state index in [0.717, 1.165) is 103 Å². The Labute approximate surface area is 412 Å². The van der Waals surface area contributed by atoms with Gasteiger partial charge in [-0.1, -0.05) is 226 Å². The zero-order chi connectivity index (χ0) is 48.6. The largest absolute Gasteiger partial charge is 0.462 e. The van der Waals surface area contributed by atoms with Crippen LogP contribution >= 0.6 is 0 Å². The summed E-state index contributed by atoms with van der Waals surface area (Å²) >= 11 is 0. The van der Waals surface area contributed by atoms with E-state index < -0.39 is 6.10 Å². The van der Waals surface area contributed by atoms with Gasteiger partial charge in [0.25, 0.3) is 0 Å². The Bertz CT molecular complexity index is 1390. The van der Waals surface area contributed by atoms with Crippen molar-refractivity contribution in [2.45, 2.75) is 245 Å².